The second-order valence-electron chi connectivity index (χ2n) is 9.90. The van der Waals surface area contributed by atoms with E-state index in [0.717, 1.165) is 41.4 Å². The van der Waals surface area contributed by atoms with Crippen molar-refractivity contribution in [2.45, 2.75) is 101 Å². The van der Waals surface area contributed by atoms with Crippen molar-refractivity contribution in [1.82, 2.24) is 0 Å². The highest BCUT2D eigenvalue weighted by Crippen LogP contribution is 2.63. The van der Waals surface area contributed by atoms with Crippen LogP contribution in [0.5, 0.6) is 0 Å². The van der Waals surface area contributed by atoms with Gasteiger partial charge in [0.2, 0.25) is 0 Å². The molecule has 2 aliphatic carbocycles. The first-order chi connectivity index (χ1) is 10.7. The summed E-state index contributed by atoms with van der Waals surface area (Å²) in [5, 5.41) is 0. The van der Waals surface area contributed by atoms with Gasteiger partial charge in [0.1, 0.15) is 0 Å². The summed E-state index contributed by atoms with van der Waals surface area (Å²) in [6, 6.07) is 0. The maximum absolute atomic E-state index is 2.53. The molecule has 23 heavy (non-hydrogen) atoms. The summed E-state index contributed by atoms with van der Waals surface area (Å²) in [6.07, 6.45) is 8.86. The Hall–Kier alpha value is 0. The Kier molecular flexibility index (Phi) is 8.15. The van der Waals surface area contributed by atoms with Gasteiger partial charge < -0.3 is 0 Å². The fraction of sp³-hybridized carbons (Fsp3) is 1.00. The van der Waals surface area contributed by atoms with Gasteiger partial charge in [0, 0.05) is 0 Å². The lowest BCUT2D eigenvalue weighted by Crippen LogP contribution is -2.10. The van der Waals surface area contributed by atoms with Gasteiger partial charge in [-0.05, 0) is 78.9 Å². The molecule has 0 radical (unpaired) electrons. The Labute approximate surface area is 148 Å². The Morgan fingerprint density at radius 2 is 1.52 bits per heavy atom. The van der Waals surface area contributed by atoms with Crippen LogP contribution < -0.4 is 0 Å². The van der Waals surface area contributed by atoms with Crippen LogP contribution >= 0.6 is 0 Å². The van der Waals surface area contributed by atoms with Crippen LogP contribution in [-0.2, 0) is 0 Å². The molecule has 6 unspecified atom stereocenters. The average Bonchev–Trinajstić information content (AvgIpc) is 2.79. The van der Waals surface area contributed by atoms with Crippen molar-refractivity contribution in [3.8, 4) is 0 Å². The van der Waals surface area contributed by atoms with Gasteiger partial charge in [-0.3, -0.25) is 0 Å². The van der Waals surface area contributed by atoms with Gasteiger partial charge in [-0.1, -0.05) is 68.7 Å². The molecule has 0 heteroatoms. The first-order valence-corrected chi connectivity index (χ1v) is 10.7. The second kappa shape index (κ2) is 8.91. The molecule has 0 aromatic carbocycles. The van der Waals surface area contributed by atoms with E-state index in [9.17, 15) is 0 Å². The summed E-state index contributed by atoms with van der Waals surface area (Å²) in [6.45, 7) is 21.3. The molecule has 2 rings (SSSR count). The molecule has 0 spiro atoms. The number of hydrogen-bond donors (Lipinski definition) is 0. The zero-order valence-corrected chi connectivity index (χ0v) is 17.8. The number of hydrogen-bond acceptors (Lipinski definition) is 0. The third kappa shape index (κ3) is 5.79. The molecule has 138 valence electrons. The van der Waals surface area contributed by atoms with Gasteiger partial charge in [0.25, 0.3) is 0 Å². The molecule has 0 nitrogen and oxygen atoms in total. The highest BCUT2D eigenvalue weighted by molar-refractivity contribution is 5.05. The van der Waals surface area contributed by atoms with E-state index in [2.05, 4.69) is 48.5 Å². The maximum Gasteiger partial charge on any atom is -0.0292 e. The molecule has 0 heterocycles. The lowest BCUT2D eigenvalue weighted by Gasteiger charge is -2.20. The first-order valence-electron chi connectivity index (χ1n) is 10.7. The van der Waals surface area contributed by atoms with Crippen molar-refractivity contribution < 1.29 is 0 Å². The van der Waals surface area contributed by atoms with Gasteiger partial charge in [-0.15, -0.1) is 0 Å². The summed E-state index contributed by atoms with van der Waals surface area (Å²) in [5.41, 5.74) is 0.637. The van der Waals surface area contributed by atoms with Crippen LogP contribution in [0.15, 0.2) is 0 Å². The summed E-state index contributed by atoms with van der Waals surface area (Å²) in [4.78, 5) is 0. The molecule has 0 aromatic rings. The van der Waals surface area contributed by atoms with Crippen LogP contribution in [-0.4, -0.2) is 0 Å². The molecule has 2 aliphatic rings. The SMILES string of the molecule is CC.CC(C)CCC1C(CC(C)CC2CC(C)CC2C)C1(C)C. The standard InChI is InChI=1S/C21H40.C2H6/c1-14(2)8-9-19-20(21(19,6)7)13-16(4)12-18-11-15(3)10-17(18)5;1-2/h14-20H,8-13H2,1-7H3;1-2H3. The molecule has 0 aliphatic heterocycles. The van der Waals surface area contributed by atoms with Gasteiger partial charge in [0.15, 0.2) is 0 Å². The quantitative estimate of drug-likeness (QED) is 0.448. The van der Waals surface area contributed by atoms with Crippen molar-refractivity contribution in [1.29, 1.82) is 0 Å². The molecular formula is C23H46. The van der Waals surface area contributed by atoms with E-state index in [4.69, 9.17) is 0 Å². The van der Waals surface area contributed by atoms with E-state index < -0.39 is 0 Å². The molecule has 2 fully saturated rings. The fourth-order valence-corrected chi connectivity index (χ4v) is 5.46. The minimum Gasteiger partial charge on any atom is -0.0683 e. The monoisotopic (exact) mass is 322 g/mol. The van der Waals surface area contributed by atoms with E-state index in [-0.39, 0.29) is 0 Å². The van der Waals surface area contributed by atoms with E-state index in [1.165, 1.54) is 38.5 Å². The topological polar surface area (TPSA) is 0 Å². The zero-order chi connectivity index (χ0) is 17.8. The first kappa shape index (κ1) is 21.0. The summed E-state index contributed by atoms with van der Waals surface area (Å²) in [7, 11) is 0. The predicted octanol–water partition coefficient (Wildman–Crippen LogP) is 7.82. The van der Waals surface area contributed by atoms with E-state index in [1.807, 2.05) is 13.8 Å². The average molecular weight is 323 g/mol. The van der Waals surface area contributed by atoms with E-state index in [1.54, 1.807) is 0 Å². The van der Waals surface area contributed by atoms with Crippen molar-refractivity contribution in [2.24, 2.45) is 46.8 Å². The van der Waals surface area contributed by atoms with Crippen molar-refractivity contribution in [3.05, 3.63) is 0 Å². The summed E-state index contributed by atoms with van der Waals surface area (Å²) in [5.74, 6) is 6.82. The molecular weight excluding hydrogens is 276 g/mol. The predicted molar refractivity (Wildman–Crippen MR) is 106 cm³/mol. The zero-order valence-electron chi connectivity index (χ0n) is 17.8. The molecule has 2 saturated carbocycles. The molecule has 0 amide bonds. The molecule has 0 N–H and O–H groups in total. The third-order valence-electron chi connectivity index (χ3n) is 6.99. The molecule has 6 atom stereocenters. The van der Waals surface area contributed by atoms with Crippen LogP contribution in [0.2, 0.25) is 0 Å². The van der Waals surface area contributed by atoms with Crippen LogP contribution in [0.25, 0.3) is 0 Å². The number of rotatable bonds is 7. The third-order valence-corrected chi connectivity index (χ3v) is 6.99. The minimum atomic E-state index is 0.637. The summed E-state index contributed by atoms with van der Waals surface area (Å²) >= 11 is 0. The van der Waals surface area contributed by atoms with Gasteiger partial charge in [-0.2, -0.15) is 0 Å². The Balaban J connectivity index is 0.00000127. The van der Waals surface area contributed by atoms with Crippen LogP contribution in [0, 0.1) is 46.8 Å². The van der Waals surface area contributed by atoms with E-state index in [0.29, 0.717) is 5.41 Å². The maximum atomic E-state index is 2.53. The van der Waals surface area contributed by atoms with Gasteiger partial charge in [0.05, 0.1) is 0 Å². The summed E-state index contributed by atoms with van der Waals surface area (Å²) < 4.78 is 0. The highest BCUT2D eigenvalue weighted by Gasteiger charge is 2.56. The van der Waals surface area contributed by atoms with Crippen LogP contribution in [0.4, 0.5) is 0 Å². The Bertz CT molecular complexity index is 327. The second-order valence-corrected chi connectivity index (χ2v) is 9.90. The normalized spacial score (nSPS) is 36.5. The molecule has 0 bridgehead atoms. The van der Waals surface area contributed by atoms with Crippen LogP contribution in [0.3, 0.4) is 0 Å². The van der Waals surface area contributed by atoms with Gasteiger partial charge in [-0.25, -0.2) is 0 Å². The molecule has 0 aromatic heterocycles. The van der Waals surface area contributed by atoms with Gasteiger partial charge >= 0.3 is 0 Å². The largest absolute Gasteiger partial charge is 0.0683 e. The smallest absolute Gasteiger partial charge is 0.0292 e. The molecule has 0 saturated heterocycles. The van der Waals surface area contributed by atoms with E-state index >= 15 is 0 Å². The van der Waals surface area contributed by atoms with Crippen molar-refractivity contribution in [3.63, 3.8) is 0 Å². The highest BCUT2D eigenvalue weighted by atomic mass is 14.6. The Morgan fingerprint density at radius 3 is 2.00 bits per heavy atom. The van der Waals surface area contributed by atoms with Crippen molar-refractivity contribution >= 4 is 0 Å². The van der Waals surface area contributed by atoms with Crippen molar-refractivity contribution in [2.75, 3.05) is 0 Å². The Morgan fingerprint density at radius 1 is 0.913 bits per heavy atom. The van der Waals surface area contributed by atoms with Crippen LogP contribution in [0.1, 0.15) is 101 Å². The lowest BCUT2D eigenvalue weighted by atomic mass is 9.85. The minimum absolute atomic E-state index is 0.637. The fourth-order valence-electron chi connectivity index (χ4n) is 5.46. The lowest BCUT2D eigenvalue weighted by molar-refractivity contribution is 0.301.